The first-order valence-corrected chi connectivity index (χ1v) is 15.6. The minimum absolute atomic E-state index is 0.110. The van der Waals surface area contributed by atoms with Crippen molar-refractivity contribution in [1.29, 1.82) is 5.41 Å². The van der Waals surface area contributed by atoms with E-state index in [1.54, 1.807) is 12.1 Å². The summed E-state index contributed by atoms with van der Waals surface area (Å²) in [6.07, 6.45) is 5.46. The number of nitrogens with one attached hydrogen (secondary N) is 3. The molecule has 13 nitrogen and oxygen atoms in total. The van der Waals surface area contributed by atoms with Crippen LogP contribution in [-0.4, -0.2) is 94.2 Å². The summed E-state index contributed by atoms with van der Waals surface area (Å²) in [5.74, 6) is 1.76. The Bertz CT molecular complexity index is 1590. The number of nitrogen functional groups attached to an aromatic ring is 1. The van der Waals surface area contributed by atoms with Crippen molar-refractivity contribution in [2.75, 3.05) is 68.8 Å². The molecular formula is C32H46N12O. The molecule has 1 amide bonds. The van der Waals surface area contributed by atoms with Gasteiger partial charge in [-0.1, -0.05) is 26.8 Å². The Hall–Kier alpha value is -4.36. The van der Waals surface area contributed by atoms with Gasteiger partial charge in [-0.3, -0.25) is 9.69 Å². The van der Waals surface area contributed by atoms with Gasteiger partial charge in [-0.15, -0.1) is 0 Å². The van der Waals surface area contributed by atoms with Gasteiger partial charge in [0, 0.05) is 61.6 Å². The van der Waals surface area contributed by atoms with Gasteiger partial charge in [-0.2, -0.15) is 4.98 Å². The number of anilines is 4. The highest BCUT2D eigenvalue weighted by atomic mass is 16.1. The van der Waals surface area contributed by atoms with Crippen molar-refractivity contribution in [3.05, 3.63) is 47.6 Å². The van der Waals surface area contributed by atoms with Gasteiger partial charge < -0.3 is 37.3 Å². The van der Waals surface area contributed by atoms with Gasteiger partial charge in [0.1, 0.15) is 23.2 Å². The smallest absolute Gasteiger partial charge is 0.256 e. The van der Waals surface area contributed by atoms with Gasteiger partial charge in [0.25, 0.3) is 5.91 Å². The van der Waals surface area contributed by atoms with E-state index in [0.29, 0.717) is 45.6 Å². The van der Waals surface area contributed by atoms with Crippen LogP contribution in [0.25, 0.3) is 11.0 Å². The summed E-state index contributed by atoms with van der Waals surface area (Å²) in [6, 6.07) is 5.30. The molecule has 0 aliphatic carbocycles. The van der Waals surface area contributed by atoms with E-state index in [2.05, 4.69) is 47.3 Å². The Balaban J connectivity index is 1.31. The van der Waals surface area contributed by atoms with E-state index < -0.39 is 0 Å². The van der Waals surface area contributed by atoms with E-state index in [0.717, 1.165) is 44.2 Å². The van der Waals surface area contributed by atoms with Gasteiger partial charge >= 0.3 is 0 Å². The number of carbonyl (C=O) groups excluding carboxylic acids is 1. The van der Waals surface area contributed by atoms with Gasteiger partial charge in [0.05, 0.1) is 0 Å². The zero-order valence-corrected chi connectivity index (χ0v) is 27.0. The molecule has 13 heteroatoms. The number of carbonyl (C=O) groups is 1. The molecule has 4 heterocycles. The highest BCUT2D eigenvalue weighted by Crippen LogP contribution is 2.29. The maximum Gasteiger partial charge on any atom is 0.256 e. The van der Waals surface area contributed by atoms with Crippen molar-refractivity contribution < 1.29 is 4.79 Å². The number of piperidine rings is 1. The summed E-state index contributed by atoms with van der Waals surface area (Å²) >= 11 is 0. The predicted octanol–water partition coefficient (Wildman–Crippen LogP) is 3.11. The second-order valence-electron chi connectivity index (χ2n) is 13.3. The van der Waals surface area contributed by atoms with Crippen molar-refractivity contribution in [3.63, 3.8) is 0 Å². The molecule has 1 aromatic carbocycles. The molecule has 2 aromatic heterocycles. The number of hydrogen-bond donors (Lipinski definition) is 5. The maximum absolute atomic E-state index is 13.0. The molecule has 0 bridgehead atoms. The number of aromatic nitrogens is 4. The van der Waals surface area contributed by atoms with Crippen molar-refractivity contribution in [1.82, 2.24) is 35.1 Å². The molecule has 5 rings (SSSR count). The Labute approximate surface area is 265 Å². The molecular weight excluding hydrogens is 568 g/mol. The van der Waals surface area contributed by atoms with E-state index in [9.17, 15) is 4.79 Å². The van der Waals surface area contributed by atoms with Crippen molar-refractivity contribution in [2.24, 2.45) is 17.1 Å². The summed E-state index contributed by atoms with van der Waals surface area (Å²) in [6.45, 7) is 14.7. The molecule has 2 aliphatic heterocycles. The number of hydrogen-bond acceptors (Lipinski definition) is 12. The second kappa shape index (κ2) is 13.3. The molecule has 1 atom stereocenters. The van der Waals surface area contributed by atoms with Crippen LogP contribution >= 0.6 is 0 Å². The van der Waals surface area contributed by atoms with Crippen LogP contribution in [0.1, 0.15) is 49.5 Å². The number of aryl methyl sites for hydroxylation is 1. The third-order valence-electron chi connectivity index (χ3n) is 8.51. The highest BCUT2D eigenvalue weighted by molar-refractivity contribution is 6.00. The zero-order chi connectivity index (χ0) is 32.3. The van der Waals surface area contributed by atoms with Crippen LogP contribution < -0.4 is 27.0 Å². The number of benzene rings is 1. The molecule has 0 radical (unpaired) electrons. The molecule has 3 aromatic rings. The first-order valence-electron chi connectivity index (χ1n) is 15.6. The van der Waals surface area contributed by atoms with Gasteiger partial charge in [-0.05, 0) is 63.0 Å². The monoisotopic (exact) mass is 614 g/mol. The largest absolute Gasteiger partial charge is 0.385 e. The molecule has 240 valence electrons. The summed E-state index contributed by atoms with van der Waals surface area (Å²) in [5, 5.41) is 14.2. The van der Waals surface area contributed by atoms with Crippen LogP contribution in [0.15, 0.2) is 36.4 Å². The first kappa shape index (κ1) is 32.0. The van der Waals surface area contributed by atoms with Crippen molar-refractivity contribution >= 4 is 45.9 Å². The fourth-order valence-electron chi connectivity index (χ4n) is 5.75. The van der Waals surface area contributed by atoms with Crippen LogP contribution in [-0.2, 0) is 0 Å². The maximum atomic E-state index is 13.0. The number of allylic oxidation sites excluding steroid dienone is 1. The number of fused-ring (bicyclic) bond motifs is 1. The Morgan fingerprint density at radius 2 is 1.87 bits per heavy atom. The molecule has 1 unspecified atom stereocenters. The Kier molecular flexibility index (Phi) is 9.49. The van der Waals surface area contributed by atoms with E-state index >= 15 is 0 Å². The SMILES string of the molecule is Cc1ccc(C(=O)N/C(N)=C/C(=N)C(C)(C)C)cc1Nc1ncnc2c(N)nc(N3CCN(CC4CCCN(C)C4)CC3)nc12. The molecule has 7 N–H and O–H groups in total. The van der Waals surface area contributed by atoms with Gasteiger partial charge in [0.15, 0.2) is 11.6 Å². The summed E-state index contributed by atoms with van der Waals surface area (Å²) in [7, 11) is 2.21. The number of rotatable bonds is 8. The molecule has 0 saturated carbocycles. The van der Waals surface area contributed by atoms with E-state index in [4.69, 9.17) is 21.9 Å². The topological polar surface area (TPSA) is 178 Å². The fourth-order valence-corrected chi connectivity index (χ4v) is 5.75. The second-order valence-corrected chi connectivity index (χ2v) is 13.3. The van der Waals surface area contributed by atoms with Gasteiger partial charge in [0.2, 0.25) is 5.95 Å². The van der Waals surface area contributed by atoms with Crippen LogP contribution in [0.5, 0.6) is 0 Å². The quantitative estimate of drug-likeness (QED) is 0.235. The number of likely N-dealkylation sites (tertiary alicyclic amines) is 1. The molecule has 45 heavy (non-hydrogen) atoms. The molecule has 2 aliphatic rings. The summed E-state index contributed by atoms with van der Waals surface area (Å²) in [5.41, 5.74) is 15.3. The van der Waals surface area contributed by atoms with Crippen LogP contribution in [0, 0.1) is 23.7 Å². The fraction of sp³-hybridized carbons (Fsp3) is 0.500. The average molecular weight is 615 g/mol. The zero-order valence-electron chi connectivity index (χ0n) is 27.0. The lowest BCUT2D eigenvalue weighted by molar-refractivity contribution is 0.0965. The molecule has 0 spiro atoms. The van der Waals surface area contributed by atoms with Gasteiger partial charge in [-0.25, -0.2) is 15.0 Å². The summed E-state index contributed by atoms with van der Waals surface area (Å²) < 4.78 is 0. The summed E-state index contributed by atoms with van der Waals surface area (Å²) in [4.78, 5) is 38.5. The van der Waals surface area contributed by atoms with E-state index in [1.165, 1.54) is 38.3 Å². The Morgan fingerprint density at radius 1 is 1.11 bits per heavy atom. The average Bonchev–Trinajstić information content (AvgIpc) is 2.98. The third-order valence-corrected chi connectivity index (χ3v) is 8.51. The lowest BCUT2D eigenvalue weighted by Gasteiger charge is -2.38. The van der Waals surface area contributed by atoms with Crippen LogP contribution in [0.4, 0.5) is 23.3 Å². The van der Waals surface area contributed by atoms with Crippen molar-refractivity contribution in [2.45, 2.75) is 40.5 Å². The van der Waals surface area contributed by atoms with Crippen LogP contribution in [0.3, 0.4) is 0 Å². The third kappa shape index (κ3) is 7.84. The highest BCUT2D eigenvalue weighted by Gasteiger charge is 2.25. The predicted molar refractivity (Wildman–Crippen MR) is 180 cm³/mol. The Morgan fingerprint density at radius 3 is 2.58 bits per heavy atom. The molecule has 2 saturated heterocycles. The lowest BCUT2D eigenvalue weighted by atomic mass is 9.90. The first-order chi connectivity index (χ1) is 21.4. The molecule has 2 fully saturated rings. The standard InChI is InChI=1S/C32H46N12O/c1-20-8-9-22(30(45)39-25(34)16-24(33)32(2,3)4)15-23(20)38-29-27-26(36-19-37-29)28(35)41-31(40-27)44-13-11-43(12-14-44)18-21-7-6-10-42(5)17-21/h8-9,15-16,19,21,33H,6-7,10-14,17-18,34H2,1-5H3,(H,39,45)(H2,35,40,41)(H,36,37,38)/b25-16+,33-24?. The minimum atomic E-state index is -0.385. The number of piperazine rings is 1. The number of amides is 1. The van der Waals surface area contributed by atoms with Crippen LogP contribution in [0.2, 0.25) is 0 Å². The van der Waals surface area contributed by atoms with E-state index in [-0.39, 0.29) is 17.1 Å². The number of nitrogens with two attached hydrogens (primary N) is 2. The van der Waals surface area contributed by atoms with Crippen molar-refractivity contribution in [3.8, 4) is 0 Å². The minimum Gasteiger partial charge on any atom is -0.385 e. The normalized spacial score (nSPS) is 18.6. The lowest BCUT2D eigenvalue weighted by Crippen LogP contribution is -2.49. The number of nitrogens with zero attached hydrogens (tertiary/aromatic N) is 7. The van der Waals surface area contributed by atoms with E-state index in [1.807, 2.05) is 33.8 Å².